The maximum atomic E-state index is 12.1. The average Bonchev–Trinajstić information content (AvgIpc) is 2.58. The summed E-state index contributed by atoms with van der Waals surface area (Å²) < 4.78 is 10.8. The van der Waals surface area contributed by atoms with Crippen molar-refractivity contribution in [3.05, 3.63) is 53.1 Å². The lowest BCUT2D eigenvalue weighted by atomic mass is 10.1. The van der Waals surface area contributed by atoms with Gasteiger partial charge < -0.3 is 14.8 Å². The number of ether oxygens (including phenoxy) is 2. The number of hydrogen-bond acceptors (Lipinski definition) is 4. The van der Waals surface area contributed by atoms with Crippen molar-refractivity contribution in [2.24, 2.45) is 0 Å². The summed E-state index contributed by atoms with van der Waals surface area (Å²) in [4.78, 5) is 12.1. The molecule has 0 aromatic heterocycles. The van der Waals surface area contributed by atoms with Gasteiger partial charge in [-0.25, -0.2) is 0 Å². The fourth-order valence-electron chi connectivity index (χ4n) is 2.61. The van der Waals surface area contributed by atoms with Crippen molar-refractivity contribution in [1.82, 2.24) is 0 Å². The molecular weight excluding hydrogens is 334 g/mol. The maximum absolute atomic E-state index is 12.1. The fourth-order valence-corrected chi connectivity index (χ4v) is 3.21. The van der Waals surface area contributed by atoms with E-state index in [-0.39, 0.29) is 5.91 Å². The van der Waals surface area contributed by atoms with Gasteiger partial charge in [-0.15, -0.1) is 11.8 Å². The van der Waals surface area contributed by atoms with Crippen LogP contribution in [0.3, 0.4) is 0 Å². The first-order chi connectivity index (χ1) is 12.0. The number of amides is 1. The number of methoxy groups -OCH3 is 1. The van der Waals surface area contributed by atoms with Crippen LogP contribution in [-0.4, -0.2) is 31.1 Å². The number of aryl methyl sites for hydroxylation is 3. The molecule has 0 aliphatic rings. The Hall–Kier alpha value is -2.14. The third-order valence-electron chi connectivity index (χ3n) is 3.73. The van der Waals surface area contributed by atoms with Crippen LogP contribution < -0.4 is 14.8 Å². The summed E-state index contributed by atoms with van der Waals surface area (Å²) in [5.74, 6) is 2.80. The monoisotopic (exact) mass is 359 g/mol. The number of benzene rings is 2. The molecule has 2 aromatic rings. The number of thioether (sulfide) groups is 1. The topological polar surface area (TPSA) is 47.6 Å². The van der Waals surface area contributed by atoms with Gasteiger partial charge in [0.25, 0.3) is 0 Å². The minimum absolute atomic E-state index is 0.0181. The number of rotatable bonds is 8. The molecule has 0 atom stereocenters. The van der Waals surface area contributed by atoms with Crippen LogP contribution >= 0.6 is 11.8 Å². The molecule has 25 heavy (non-hydrogen) atoms. The first-order valence-corrected chi connectivity index (χ1v) is 9.37. The summed E-state index contributed by atoms with van der Waals surface area (Å²) in [6, 6.07) is 11.6. The Morgan fingerprint density at radius 1 is 1.04 bits per heavy atom. The first-order valence-electron chi connectivity index (χ1n) is 8.22. The Balaban J connectivity index is 1.70. The van der Waals surface area contributed by atoms with Gasteiger partial charge in [0.1, 0.15) is 11.5 Å². The lowest BCUT2D eigenvalue weighted by molar-refractivity contribution is -0.113. The van der Waals surface area contributed by atoms with E-state index in [2.05, 4.69) is 24.4 Å². The van der Waals surface area contributed by atoms with Crippen LogP contribution in [0, 0.1) is 20.8 Å². The Morgan fingerprint density at radius 3 is 2.24 bits per heavy atom. The van der Waals surface area contributed by atoms with Gasteiger partial charge >= 0.3 is 0 Å². The van der Waals surface area contributed by atoms with E-state index in [1.54, 1.807) is 18.9 Å². The number of nitrogens with one attached hydrogen (secondary N) is 1. The molecule has 2 rings (SSSR count). The van der Waals surface area contributed by atoms with Gasteiger partial charge in [0, 0.05) is 11.4 Å². The zero-order valence-corrected chi connectivity index (χ0v) is 16.0. The van der Waals surface area contributed by atoms with Gasteiger partial charge in [0.2, 0.25) is 5.91 Å². The van der Waals surface area contributed by atoms with Gasteiger partial charge in [-0.2, -0.15) is 0 Å². The van der Waals surface area contributed by atoms with Gasteiger partial charge in [0.05, 0.1) is 19.5 Å². The van der Waals surface area contributed by atoms with Crippen LogP contribution in [0.25, 0.3) is 0 Å². The van der Waals surface area contributed by atoms with Gasteiger partial charge in [0.15, 0.2) is 0 Å². The molecule has 0 aliphatic carbocycles. The van der Waals surface area contributed by atoms with Crippen molar-refractivity contribution in [1.29, 1.82) is 0 Å². The van der Waals surface area contributed by atoms with E-state index in [4.69, 9.17) is 9.47 Å². The highest BCUT2D eigenvalue weighted by Gasteiger charge is 2.08. The molecule has 0 aliphatic heterocycles. The highest BCUT2D eigenvalue weighted by molar-refractivity contribution is 7.99. The van der Waals surface area contributed by atoms with Crippen molar-refractivity contribution in [3.63, 3.8) is 0 Å². The van der Waals surface area contributed by atoms with Gasteiger partial charge in [-0.05, 0) is 56.2 Å². The fraction of sp³-hybridized carbons (Fsp3) is 0.350. The van der Waals surface area contributed by atoms with Crippen molar-refractivity contribution in [2.75, 3.05) is 30.5 Å². The van der Waals surface area contributed by atoms with Gasteiger partial charge in [-0.1, -0.05) is 17.7 Å². The lowest BCUT2D eigenvalue weighted by Gasteiger charge is -2.13. The Kier molecular flexibility index (Phi) is 7.19. The van der Waals surface area contributed by atoms with Gasteiger partial charge in [-0.3, -0.25) is 4.79 Å². The standard InChI is InChI=1S/C20H25NO3S/c1-14-11-15(2)20(16(3)12-14)21-19(22)13-25-10-9-24-18-7-5-17(23-4)6-8-18/h5-8,11-12H,9-10,13H2,1-4H3,(H,21,22). The second-order valence-corrected chi connectivity index (χ2v) is 7.00. The molecule has 1 amide bonds. The Labute approximate surface area is 153 Å². The summed E-state index contributed by atoms with van der Waals surface area (Å²) in [6.07, 6.45) is 0. The minimum atomic E-state index is 0.0181. The molecule has 0 fully saturated rings. The molecule has 0 radical (unpaired) electrons. The molecule has 4 nitrogen and oxygen atoms in total. The van der Waals surface area contributed by atoms with E-state index in [9.17, 15) is 4.79 Å². The van der Waals surface area contributed by atoms with Crippen molar-refractivity contribution >= 4 is 23.4 Å². The number of hydrogen-bond donors (Lipinski definition) is 1. The zero-order chi connectivity index (χ0) is 18.2. The second-order valence-electron chi connectivity index (χ2n) is 5.90. The van der Waals surface area contributed by atoms with E-state index in [0.717, 1.165) is 34.1 Å². The molecule has 0 saturated heterocycles. The molecule has 0 unspecified atom stereocenters. The number of carbonyl (C=O) groups is 1. The molecule has 134 valence electrons. The molecule has 0 bridgehead atoms. The normalized spacial score (nSPS) is 10.4. The molecule has 0 spiro atoms. The van der Waals surface area contributed by atoms with Crippen LogP contribution in [0.15, 0.2) is 36.4 Å². The summed E-state index contributed by atoms with van der Waals surface area (Å²) >= 11 is 1.56. The summed E-state index contributed by atoms with van der Waals surface area (Å²) in [5.41, 5.74) is 4.32. The zero-order valence-electron chi connectivity index (χ0n) is 15.2. The second kappa shape index (κ2) is 9.37. The van der Waals surface area contributed by atoms with Crippen LogP contribution in [0.4, 0.5) is 5.69 Å². The van der Waals surface area contributed by atoms with Crippen molar-refractivity contribution < 1.29 is 14.3 Å². The van der Waals surface area contributed by atoms with Crippen molar-refractivity contribution in [2.45, 2.75) is 20.8 Å². The van der Waals surface area contributed by atoms with Crippen LogP contribution in [0.1, 0.15) is 16.7 Å². The quantitative estimate of drug-likeness (QED) is 0.711. The molecule has 0 heterocycles. The lowest BCUT2D eigenvalue weighted by Crippen LogP contribution is -2.16. The van der Waals surface area contributed by atoms with E-state index in [1.165, 1.54) is 5.56 Å². The third kappa shape index (κ3) is 6.02. The molecular formula is C20H25NO3S. The number of anilines is 1. The molecule has 1 N–H and O–H groups in total. The summed E-state index contributed by atoms with van der Waals surface area (Å²) in [5, 5.41) is 3.01. The molecule has 0 saturated carbocycles. The van der Waals surface area contributed by atoms with Crippen molar-refractivity contribution in [3.8, 4) is 11.5 Å². The smallest absolute Gasteiger partial charge is 0.234 e. The first kappa shape index (κ1) is 19.2. The predicted molar refractivity (Wildman–Crippen MR) is 105 cm³/mol. The highest BCUT2D eigenvalue weighted by Crippen LogP contribution is 2.22. The predicted octanol–water partition coefficient (Wildman–Crippen LogP) is 4.37. The van der Waals surface area contributed by atoms with Crippen LogP contribution in [0.2, 0.25) is 0 Å². The van der Waals surface area contributed by atoms with E-state index in [1.807, 2.05) is 38.1 Å². The molecule has 5 heteroatoms. The largest absolute Gasteiger partial charge is 0.497 e. The minimum Gasteiger partial charge on any atom is -0.497 e. The van der Waals surface area contributed by atoms with Crippen LogP contribution in [0.5, 0.6) is 11.5 Å². The molecule has 2 aromatic carbocycles. The summed E-state index contributed by atoms with van der Waals surface area (Å²) in [7, 11) is 1.64. The van der Waals surface area contributed by atoms with Crippen LogP contribution in [-0.2, 0) is 4.79 Å². The average molecular weight is 359 g/mol. The Bertz CT molecular complexity index is 690. The maximum Gasteiger partial charge on any atom is 0.234 e. The van der Waals surface area contributed by atoms with E-state index in [0.29, 0.717) is 12.4 Å². The van der Waals surface area contributed by atoms with E-state index >= 15 is 0 Å². The SMILES string of the molecule is COc1ccc(OCCSCC(=O)Nc2c(C)cc(C)cc2C)cc1. The highest BCUT2D eigenvalue weighted by atomic mass is 32.2. The summed E-state index contributed by atoms with van der Waals surface area (Å²) in [6.45, 7) is 6.66. The number of carbonyl (C=O) groups excluding carboxylic acids is 1. The van der Waals surface area contributed by atoms with E-state index < -0.39 is 0 Å². The third-order valence-corrected chi connectivity index (χ3v) is 4.65. The Morgan fingerprint density at radius 2 is 1.64 bits per heavy atom.